The van der Waals surface area contributed by atoms with Gasteiger partial charge in [-0.25, -0.2) is 0 Å². The molecule has 0 aliphatic heterocycles. The van der Waals surface area contributed by atoms with Crippen LogP contribution in [-0.4, -0.2) is 25.7 Å². The van der Waals surface area contributed by atoms with Crippen molar-refractivity contribution >= 4 is 5.91 Å². The molecule has 1 unspecified atom stereocenters. The molecule has 0 aromatic rings. The summed E-state index contributed by atoms with van der Waals surface area (Å²) in [5.74, 6) is 0.00669. The lowest BCUT2D eigenvalue weighted by Gasteiger charge is -2.41. The maximum atomic E-state index is 11.4. The van der Waals surface area contributed by atoms with E-state index in [1.54, 1.807) is 14.0 Å². The van der Waals surface area contributed by atoms with Crippen LogP contribution in [0.1, 0.15) is 39.5 Å². The van der Waals surface area contributed by atoms with Crippen molar-refractivity contribution in [1.82, 2.24) is 5.32 Å². The molecule has 1 N–H and O–H groups in total. The highest BCUT2D eigenvalue weighted by Gasteiger charge is 2.35. The first-order valence-electron chi connectivity index (χ1n) is 5.44. The second-order valence-corrected chi connectivity index (χ2v) is 4.30. The minimum atomic E-state index is -0.330. The first kappa shape index (κ1) is 11.5. The van der Waals surface area contributed by atoms with Crippen molar-refractivity contribution in [3.8, 4) is 0 Å². The summed E-state index contributed by atoms with van der Waals surface area (Å²) < 4.78 is 4.95. The predicted octanol–water partition coefficient (Wildman–Crippen LogP) is 1.72. The molecule has 1 saturated carbocycles. The second-order valence-electron chi connectivity index (χ2n) is 4.30. The van der Waals surface area contributed by atoms with E-state index >= 15 is 0 Å². The number of rotatable bonds is 5. The van der Waals surface area contributed by atoms with Gasteiger partial charge in [-0.3, -0.25) is 4.79 Å². The van der Waals surface area contributed by atoms with Crippen LogP contribution >= 0.6 is 0 Å². The molecule has 82 valence electrons. The van der Waals surface area contributed by atoms with Crippen LogP contribution in [0.4, 0.5) is 0 Å². The van der Waals surface area contributed by atoms with E-state index in [0.717, 1.165) is 13.0 Å². The Hall–Kier alpha value is -0.570. The van der Waals surface area contributed by atoms with Crippen molar-refractivity contribution in [3.05, 3.63) is 0 Å². The van der Waals surface area contributed by atoms with Crippen LogP contribution in [0.15, 0.2) is 0 Å². The smallest absolute Gasteiger partial charge is 0.248 e. The van der Waals surface area contributed by atoms with Crippen LogP contribution in [0.25, 0.3) is 0 Å². The summed E-state index contributed by atoms with van der Waals surface area (Å²) in [4.78, 5) is 11.4. The highest BCUT2D eigenvalue weighted by Crippen LogP contribution is 2.42. The third kappa shape index (κ3) is 2.47. The molecular formula is C11H21NO2. The Kier molecular flexibility index (Phi) is 3.93. The number of nitrogens with one attached hydrogen (secondary N) is 1. The third-order valence-electron chi connectivity index (χ3n) is 3.52. The summed E-state index contributed by atoms with van der Waals surface area (Å²) >= 11 is 0. The summed E-state index contributed by atoms with van der Waals surface area (Å²) in [6, 6.07) is 0. The summed E-state index contributed by atoms with van der Waals surface area (Å²) in [6.07, 6.45) is 4.65. The molecule has 0 saturated heterocycles. The molecule has 0 bridgehead atoms. The SMILES string of the molecule is CCC1(CNC(=O)C(C)OC)CCC1. The molecule has 0 radical (unpaired) electrons. The van der Waals surface area contributed by atoms with Crippen molar-refractivity contribution in [2.75, 3.05) is 13.7 Å². The van der Waals surface area contributed by atoms with Gasteiger partial charge in [-0.15, -0.1) is 0 Å². The standard InChI is InChI=1S/C11H21NO2/c1-4-11(6-5-7-11)8-12-10(13)9(2)14-3/h9H,4-8H2,1-3H3,(H,12,13). The summed E-state index contributed by atoms with van der Waals surface area (Å²) in [5.41, 5.74) is 0.392. The molecular weight excluding hydrogens is 178 g/mol. The van der Waals surface area contributed by atoms with Gasteiger partial charge in [0.05, 0.1) is 0 Å². The van der Waals surface area contributed by atoms with Crippen molar-refractivity contribution in [1.29, 1.82) is 0 Å². The summed E-state index contributed by atoms with van der Waals surface area (Å²) in [5, 5.41) is 2.96. The average Bonchev–Trinajstić information content (AvgIpc) is 2.15. The molecule has 3 nitrogen and oxygen atoms in total. The summed E-state index contributed by atoms with van der Waals surface area (Å²) in [6.45, 7) is 4.79. The van der Waals surface area contributed by atoms with E-state index in [-0.39, 0.29) is 12.0 Å². The van der Waals surface area contributed by atoms with Crippen LogP contribution in [0.3, 0.4) is 0 Å². The number of carbonyl (C=O) groups excluding carboxylic acids is 1. The number of hydrogen-bond donors (Lipinski definition) is 1. The van der Waals surface area contributed by atoms with Crippen molar-refractivity contribution in [3.63, 3.8) is 0 Å². The molecule has 1 aliphatic carbocycles. The first-order chi connectivity index (χ1) is 6.63. The van der Waals surface area contributed by atoms with E-state index in [4.69, 9.17) is 4.74 Å². The summed E-state index contributed by atoms with van der Waals surface area (Å²) in [7, 11) is 1.56. The topological polar surface area (TPSA) is 38.3 Å². The Labute approximate surface area is 86.2 Å². The maximum absolute atomic E-state index is 11.4. The molecule has 0 aromatic carbocycles. The van der Waals surface area contributed by atoms with E-state index in [1.165, 1.54) is 19.3 Å². The van der Waals surface area contributed by atoms with E-state index in [1.807, 2.05) is 0 Å². The fourth-order valence-electron chi connectivity index (χ4n) is 1.86. The van der Waals surface area contributed by atoms with Crippen LogP contribution in [0.5, 0.6) is 0 Å². The van der Waals surface area contributed by atoms with Gasteiger partial charge in [0.25, 0.3) is 0 Å². The molecule has 1 fully saturated rings. The molecule has 1 aliphatic rings. The largest absolute Gasteiger partial charge is 0.372 e. The molecule has 1 amide bonds. The molecule has 0 heterocycles. The Morgan fingerprint density at radius 1 is 1.57 bits per heavy atom. The lowest BCUT2D eigenvalue weighted by atomic mass is 9.67. The van der Waals surface area contributed by atoms with Crippen molar-refractivity contribution < 1.29 is 9.53 Å². The zero-order chi connectivity index (χ0) is 10.6. The number of amides is 1. The average molecular weight is 199 g/mol. The molecule has 1 atom stereocenters. The lowest BCUT2D eigenvalue weighted by molar-refractivity contribution is -0.130. The lowest BCUT2D eigenvalue weighted by Crippen LogP contribution is -2.44. The minimum Gasteiger partial charge on any atom is -0.372 e. The van der Waals surface area contributed by atoms with Gasteiger partial charge < -0.3 is 10.1 Å². The Morgan fingerprint density at radius 2 is 2.21 bits per heavy atom. The zero-order valence-electron chi connectivity index (χ0n) is 9.43. The monoisotopic (exact) mass is 199 g/mol. The van der Waals surface area contributed by atoms with Gasteiger partial charge in [-0.1, -0.05) is 13.3 Å². The van der Waals surface area contributed by atoms with Crippen molar-refractivity contribution in [2.45, 2.75) is 45.6 Å². The van der Waals surface area contributed by atoms with Crippen molar-refractivity contribution in [2.24, 2.45) is 5.41 Å². The Bertz CT molecular complexity index is 194. The highest BCUT2D eigenvalue weighted by molar-refractivity contribution is 5.80. The van der Waals surface area contributed by atoms with E-state index in [9.17, 15) is 4.79 Å². The van der Waals surface area contributed by atoms with Gasteiger partial charge in [0.1, 0.15) is 6.10 Å². The zero-order valence-corrected chi connectivity index (χ0v) is 9.43. The second kappa shape index (κ2) is 4.78. The van der Waals surface area contributed by atoms with Gasteiger partial charge in [-0.05, 0) is 31.6 Å². The number of methoxy groups -OCH3 is 1. The van der Waals surface area contributed by atoms with Crippen LogP contribution < -0.4 is 5.32 Å². The van der Waals surface area contributed by atoms with Gasteiger partial charge >= 0.3 is 0 Å². The first-order valence-corrected chi connectivity index (χ1v) is 5.44. The fraction of sp³-hybridized carbons (Fsp3) is 0.909. The van der Waals surface area contributed by atoms with Gasteiger partial charge in [0.2, 0.25) is 5.91 Å². The normalized spacial score (nSPS) is 21.1. The fourth-order valence-corrected chi connectivity index (χ4v) is 1.86. The quantitative estimate of drug-likeness (QED) is 0.732. The Morgan fingerprint density at radius 3 is 2.57 bits per heavy atom. The third-order valence-corrected chi connectivity index (χ3v) is 3.52. The predicted molar refractivity (Wildman–Crippen MR) is 56.1 cm³/mol. The highest BCUT2D eigenvalue weighted by atomic mass is 16.5. The Balaban J connectivity index is 2.28. The van der Waals surface area contributed by atoms with E-state index in [2.05, 4.69) is 12.2 Å². The van der Waals surface area contributed by atoms with Crippen LogP contribution in [-0.2, 0) is 9.53 Å². The number of ether oxygens (including phenoxy) is 1. The van der Waals surface area contributed by atoms with Crippen LogP contribution in [0.2, 0.25) is 0 Å². The molecule has 0 spiro atoms. The van der Waals surface area contributed by atoms with Gasteiger partial charge in [0.15, 0.2) is 0 Å². The maximum Gasteiger partial charge on any atom is 0.248 e. The van der Waals surface area contributed by atoms with E-state index < -0.39 is 0 Å². The molecule has 1 rings (SSSR count). The molecule has 3 heteroatoms. The van der Waals surface area contributed by atoms with Crippen LogP contribution in [0, 0.1) is 5.41 Å². The number of carbonyl (C=O) groups is 1. The minimum absolute atomic E-state index is 0.00669. The molecule has 0 aromatic heterocycles. The van der Waals surface area contributed by atoms with E-state index in [0.29, 0.717) is 5.41 Å². The van der Waals surface area contributed by atoms with Gasteiger partial charge in [-0.2, -0.15) is 0 Å². The molecule has 14 heavy (non-hydrogen) atoms. The number of hydrogen-bond acceptors (Lipinski definition) is 2. The van der Waals surface area contributed by atoms with Gasteiger partial charge in [0, 0.05) is 13.7 Å².